The lowest BCUT2D eigenvalue weighted by Gasteiger charge is -2.15. The molecule has 0 fully saturated rings. The van der Waals surface area contributed by atoms with Crippen molar-refractivity contribution in [2.45, 2.75) is 6.04 Å². The number of carboxylic acids is 1. The third kappa shape index (κ3) is 4.30. The molecule has 0 aliphatic heterocycles. The van der Waals surface area contributed by atoms with Crippen molar-refractivity contribution in [1.29, 1.82) is 0 Å². The first kappa shape index (κ1) is 14.5. The summed E-state index contributed by atoms with van der Waals surface area (Å²) in [6.07, 6.45) is 0. The van der Waals surface area contributed by atoms with E-state index in [0.29, 0.717) is 0 Å². The normalized spacial score (nSPS) is 11.4. The van der Waals surface area contributed by atoms with Crippen LogP contribution in [0, 0.1) is 10.1 Å². The van der Waals surface area contributed by atoms with Crippen LogP contribution in [0.4, 0.5) is 16.2 Å². The lowest BCUT2D eigenvalue weighted by atomic mass is 10.1. The third-order valence-corrected chi connectivity index (χ3v) is 2.21. The number of benzene rings is 1. The van der Waals surface area contributed by atoms with Gasteiger partial charge < -0.3 is 15.7 Å². The van der Waals surface area contributed by atoms with Crippen LogP contribution in [0.25, 0.3) is 0 Å². The zero-order valence-electron chi connectivity index (χ0n) is 9.70. The second-order valence-electron chi connectivity index (χ2n) is 3.55. The van der Waals surface area contributed by atoms with Gasteiger partial charge in [-0.15, -0.1) is 0 Å². The number of nitro groups is 1. The van der Waals surface area contributed by atoms with Gasteiger partial charge in [-0.05, 0) is 6.07 Å². The number of nitrogens with zero attached hydrogens (tertiary/aromatic N) is 1. The van der Waals surface area contributed by atoms with Crippen LogP contribution in [0.1, 0.15) is 0 Å². The number of carbonyl (C=O) groups excluding carboxylic acids is 1. The molecule has 9 heteroatoms. The van der Waals surface area contributed by atoms with Gasteiger partial charge in [-0.3, -0.25) is 14.9 Å². The van der Waals surface area contributed by atoms with Gasteiger partial charge in [-0.2, -0.15) is 0 Å². The summed E-state index contributed by atoms with van der Waals surface area (Å²) in [5, 5.41) is 24.2. The van der Waals surface area contributed by atoms with Gasteiger partial charge in [0, 0.05) is 12.6 Å². The van der Waals surface area contributed by atoms with Crippen LogP contribution in [0.2, 0.25) is 0 Å². The second-order valence-corrected chi connectivity index (χ2v) is 3.55. The van der Waals surface area contributed by atoms with Gasteiger partial charge in [0.15, 0.2) is 5.81 Å². The van der Waals surface area contributed by atoms with Gasteiger partial charge in [0.1, 0.15) is 11.7 Å². The average Bonchev–Trinajstić information content (AvgIpc) is 2.34. The van der Waals surface area contributed by atoms with Gasteiger partial charge in [-0.1, -0.05) is 12.1 Å². The number of hydrogen-bond acceptors (Lipinski definition) is 5. The van der Waals surface area contributed by atoms with Crippen LogP contribution in [0.5, 0.6) is 0 Å². The van der Waals surface area contributed by atoms with Gasteiger partial charge in [-0.25, -0.2) is 4.79 Å². The first-order chi connectivity index (χ1) is 8.91. The van der Waals surface area contributed by atoms with Crippen molar-refractivity contribution in [2.24, 2.45) is 0 Å². The highest BCUT2D eigenvalue weighted by Crippen LogP contribution is 2.22. The van der Waals surface area contributed by atoms with Crippen molar-refractivity contribution < 1.29 is 19.6 Å². The number of hydrogen-bond donors (Lipinski definition) is 3. The lowest BCUT2D eigenvalue weighted by Crippen LogP contribution is -2.44. The minimum Gasteiger partial charge on any atom is -0.480 e. The van der Waals surface area contributed by atoms with Gasteiger partial charge >= 0.3 is 5.97 Å². The van der Waals surface area contributed by atoms with E-state index in [0.717, 1.165) is 0 Å². The minimum atomic E-state index is -1.30. The molecule has 0 aliphatic rings. The Morgan fingerprint density at radius 1 is 1.42 bits per heavy atom. The molecule has 0 aromatic heterocycles. The summed E-state index contributed by atoms with van der Waals surface area (Å²) in [7, 11) is 4.83. The number of rotatable bonds is 6. The molecule has 0 aliphatic carbocycles. The van der Waals surface area contributed by atoms with E-state index in [-0.39, 0.29) is 17.9 Å². The average molecular weight is 263 g/mol. The first-order valence-corrected chi connectivity index (χ1v) is 5.18. The zero-order chi connectivity index (χ0) is 14.4. The fraction of sp³-hybridized carbons (Fsp3) is 0.200. The molecule has 1 aromatic rings. The SMILES string of the molecule is [B]C(=O)NC(CNc1ccccc1[N+](=O)[O-])C(=O)O. The largest absolute Gasteiger partial charge is 0.480 e. The summed E-state index contributed by atoms with van der Waals surface area (Å²) in [5.41, 5.74) is -0.0317. The Bertz CT molecular complexity index is 508. The number of anilines is 1. The molecular formula is C10H10BN3O5. The van der Waals surface area contributed by atoms with E-state index in [1.165, 1.54) is 18.2 Å². The van der Waals surface area contributed by atoms with Crippen molar-refractivity contribution >= 4 is 31.0 Å². The summed E-state index contributed by atoms with van der Waals surface area (Å²) in [5.74, 6) is -2.29. The molecule has 8 nitrogen and oxygen atoms in total. The Morgan fingerprint density at radius 3 is 2.58 bits per heavy atom. The molecule has 0 saturated heterocycles. The minimum absolute atomic E-state index is 0.157. The van der Waals surface area contributed by atoms with Crippen LogP contribution >= 0.6 is 0 Å². The molecular weight excluding hydrogens is 253 g/mol. The zero-order valence-corrected chi connectivity index (χ0v) is 9.70. The Labute approximate surface area is 109 Å². The Balaban J connectivity index is 2.77. The van der Waals surface area contributed by atoms with E-state index in [2.05, 4.69) is 5.32 Å². The van der Waals surface area contributed by atoms with Crippen molar-refractivity contribution in [3.8, 4) is 0 Å². The number of para-hydroxylation sites is 2. The van der Waals surface area contributed by atoms with Gasteiger partial charge in [0.25, 0.3) is 5.69 Å². The van der Waals surface area contributed by atoms with Crippen molar-refractivity contribution in [3.63, 3.8) is 0 Å². The highest BCUT2D eigenvalue weighted by molar-refractivity contribution is 6.57. The van der Waals surface area contributed by atoms with E-state index < -0.39 is 22.7 Å². The molecule has 1 rings (SSSR count). The van der Waals surface area contributed by atoms with Crippen LogP contribution in [-0.2, 0) is 4.79 Å². The van der Waals surface area contributed by atoms with Gasteiger partial charge in [0.05, 0.1) is 4.92 Å². The Hall–Kier alpha value is -2.58. The summed E-state index contributed by atoms with van der Waals surface area (Å²) in [6.45, 7) is -0.233. The number of carboxylic acid groups (broad SMARTS) is 1. The molecule has 2 radical (unpaired) electrons. The standard InChI is InChI=1S/C10H10BN3O5/c11-10(17)13-7(9(15)16)5-12-6-3-1-2-4-8(6)14(18)19/h1-4,7,12H,5H2,(H,13,17)(H,15,16). The van der Waals surface area contributed by atoms with Crippen molar-refractivity contribution in [1.82, 2.24) is 5.32 Å². The molecule has 0 heterocycles. The third-order valence-electron chi connectivity index (χ3n) is 2.21. The van der Waals surface area contributed by atoms with E-state index >= 15 is 0 Å². The molecule has 19 heavy (non-hydrogen) atoms. The van der Waals surface area contributed by atoms with Crippen molar-refractivity contribution in [3.05, 3.63) is 34.4 Å². The number of amides is 1. The van der Waals surface area contributed by atoms with Crippen LogP contribution in [0.3, 0.4) is 0 Å². The molecule has 1 atom stereocenters. The molecule has 1 amide bonds. The van der Waals surface area contributed by atoms with E-state index in [1.807, 2.05) is 5.32 Å². The summed E-state index contributed by atoms with van der Waals surface area (Å²) < 4.78 is 0. The van der Waals surface area contributed by atoms with Crippen LogP contribution in [-0.4, -0.2) is 42.2 Å². The lowest BCUT2D eigenvalue weighted by molar-refractivity contribution is -0.384. The number of aliphatic carboxylic acids is 1. The topological polar surface area (TPSA) is 122 Å². The van der Waals surface area contributed by atoms with Crippen molar-refractivity contribution in [2.75, 3.05) is 11.9 Å². The monoisotopic (exact) mass is 263 g/mol. The fourth-order valence-electron chi connectivity index (χ4n) is 1.37. The first-order valence-electron chi connectivity index (χ1n) is 5.18. The highest BCUT2D eigenvalue weighted by Gasteiger charge is 2.19. The maximum atomic E-state index is 10.8. The smallest absolute Gasteiger partial charge is 0.328 e. The van der Waals surface area contributed by atoms with E-state index in [1.54, 1.807) is 6.07 Å². The predicted octanol–water partition coefficient (Wildman–Crippen LogP) is 0.338. The molecule has 0 spiro atoms. The summed E-state index contributed by atoms with van der Waals surface area (Å²) >= 11 is 0. The molecule has 98 valence electrons. The Morgan fingerprint density at radius 2 is 2.05 bits per heavy atom. The second kappa shape index (κ2) is 6.38. The quantitative estimate of drug-likeness (QED) is 0.386. The maximum absolute atomic E-state index is 10.8. The number of nitrogens with one attached hydrogen (secondary N) is 2. The molecule has 0 bridgehead atoms. The molecule has 3 N–H and O–H groups in total. The Kier molecular flexibility index (Phi) is 4.87. The summed E-state index contributed by atoms with van der Waals surface area (Å²) in [6, 6.07) is 4.48. The molecule has 1 aromatic carbocycles. The fourth-order valence-corrected chi connectivity index (χ4v) is 1.37. The number of nitro benzene ring substituents is 1. The molecule has 1 unspecified atom stereocenters. The molecule has 0 saturated carbocycles. The predicted molar refractivity (Wildman–Crippen MR) is 67.3 cm³/mol. The maximum Gasteiger partial charge on any atom is 0.328 e. The van der Waals surface area contributed by atoms with E-state index in [4.69, 9.17) is 13.0 Å². The van der Waals surface area contributed by atoms with E-state index in [9.17, 15) is 19.7 Å². The number of carbonyl (C=O) groups is 2. The van der Waals surface area contributed by atoms with Gasteiger partial charge in [0.2, 0.25) is 7.85 Å². The van der Waals surface area contributed by atoms with Crippen LogP contribution in [0.15, 0.2) is 24.3 Å². The highest BCUT2D eigenvalue weighted by atomic mass is 16.6. The van der Waals surface area contributed by atoms with Crippen LogP contribution < -0.4 is 10.6 Å². The summed E-state index contributed by atoms with van der Waals surface area (Å²) in [4.78, 5) is 31.6.